The number of hydrogen-bond donors (Lipinski definition) is 2. The second-order valence-corrected chi connectivity index (χ2v) is 10.2. The summed E-state index contributed by atoms with van der Waals surface area (Å²) < 4.78 is 24.1. The van der Waals surface area contributed by atoms with Gasteiger partial charge in [0, 0.05) is 27.2 Å². The van der Waals surface area contributed by atoms with Crippen molar-refractivity contribution in [1.82, 2.24) is 30.8 Å². The highest BCUT2D eigenvalue weighted by Crippen LogP contribution is 2.44. The molecule has 0 unspecified atom stereocenters. The Labute approximate surface area is 210 Å². The molecule has 12 heteroatoms. The molecule has 0 bridgehead atoms. The lowest BCUT2D eigenvalue weighted by molar-refractivity contribution is -0.123. The van der Waals surface area contributed by atoms with E-state index in [0.29, 0.717) is 38.2 Å². The Morgan fingerprint density at radius 3 is 2.47 bits per heavy atom. The van der Waals surface area contributed by atoms with Gasteiger partial charge in [0.25, 0.3) is 0 Å². The van der Waals surface area contributed by atoms with Crippen LogP contribution >= 0.6 is 7.60 Å². The Morgan fingerprint density at radius 2 is 1.81 bits per heavy atom. The standard InChI is InChI=1S/C24H30N7O4P/c1-34-36(33,35-2)18-27-22(17-19-9-11-21(12-10-19)20-7-4-3-5-8-20)24(32)26-15-13-23-28-29-30-31(23)16-6-14-25/h3-5,7-12,22,27H,6,13,15-18H2,1-2H3,(H,26,32)/t22-/m0/s1. The first-order valence-electron chi connectivity index (χ1n) is 11.5. The number of aromatic nitrogens is 4. The van der Waals surface area contributed by atoms with Crippen LogP contribution in [0.25, 0.3) is 11.1 Å². The van der Waals surface area contributed by atoms with E-state index in [2.05, 4.69) is 32.2 Å². The van der Waals surface area contributed by atoms with Gasteiger partial charge in [-0.3, -0.25) is 14.7 Å². The molecule has 190 valence electrons. The lowest BCUT2D eigenvalue weighted by Gasteiger charge is -2.21. The minimum Gasteiger partial charge on any atom is -0.354 e. The summed E-state index contributed by atoms with van der Waals surface area (Å²) in [4.78, 5) is 13.1. The molecule has 1 amide bonds. The number of tetrazole rings is 1. The van der Waals surface area contributed by atoms with Crippen molar-refractivity contribution in [3.8, 4) is 17.2 Å². The number of nitrogens with one attached hydrogen (secondary N) is 2. The molecule has 1 atom stereocenters. The second-order valence-electron chi connectivity index (χ2n) is 7.93. The molecule has 1 heterocycles. The molecule has 0 spiro atoms. The lowest BCUT2D eigenvalue weighted by Crippen LogP contribution is -2.46. The van der Waals surface area contributed by atoms with E-state index >= 15 is 0 Å². The fourth-order valence-corrected chi connectivity index (χ4v) is 4.39. The van der Waals surface area contributed by atoms with Crippen LogP contribution in [0, 0.1) is 11.3 Å². The van der Waals surface area contributed by atoms with Crippen molar-refractivity contribution in [2.45, 2.75) is 31.8 Å². The molecule has 0 fully saturated rings. The van der Waals surface area contributed by atoms with Crippen LogP contribution < -0.4 is 10.6 Å². The van der Waals surface area contributed by atoms with E-state index in [9.17, 15) is 9.36 Å². The summed E-state index contributed by atoms with van der Waals surface area (Å²) in [6, 6.07) is 19.4. The Kier molecular flexibility index (Phi) is 10.3. The summed E-state index contributed by atoms with van der Waals surface area (Å²) in [6.45, 7) is 0.683. The maximum atomic E-state index is 13.1. The van der Waals surface area contributed by atoms with Gasteiger partial charge in [-0.2, -0.15) is 5.26 Å². The third-order valence-corrected chi connectivity index (χ3v) is 7.28. The Balaban J connectivity index is 1.65. The van der Waals surface area contributed by atoms with Gasteiger partial charge in [0.2, 0.25) is 5.91 Å². The maximum Gasteiger partial charge on any atom is 0.343 e. The van der Waals surface area contributed by atoms with Gasteiger partial charge in [-0.1, -0.05) is 54.6 Å². The Morgan fingerprint density at radius 1 is 1.11 bits per heavy atom. The predicted octanol–water partition coefficient (Wildman–Crippen LogP) is 2.56. The van der Waals surface area contributed by atoms with Crippen LogP contribution in [-0.2, 0) is 37.8 Å². The van der Waals surface area contributed by atoms with Crippen LogP contribution in [0.2, 0.25) is 0 Å². The van der Waals surface area contributed by atoms with Crippen LogP contribution in [0.3, 0.4) is 0 Å². The first-order chi connectivity index (χ1) is 17.5. The Hall–Kier alpha value is -3.42. The fraction of sp³-hybridized carbons (Fsp3) is 0.375. The zero-order valence-electron chi connectivity index (χ0n) is 20.3. The Bertz CT molecular complexity index is 1190. The van der Waals surface area contributed by atoms with Crippen molar-refractivity contribution in [2.75, 3.05) is 27.1 Å². The largest absolute Gasteiger partial charge is 0.354 e. The summed E-state index contributed by atoms with van der Waals surface area (Å²) in [5, 5.41) is 26.2. The van der Waals surface area contributed by atoms with Crippen LogP contribution in [0.5, 0.6) is 0 Å². The average molecular weight is 512 g/mol. The number of hydrogen-bond acceptors (Lipinski definition) is 9. The molecule has 2 aromatic carbocycles. The van der Waals surface area contributed by atoms with Crippen LogP contribution in [0.15, 0.2) is 54.6 Å². The van der Waals surface area contributed by atoms with Crippen LogP contribution in [0.4, 0.5) is 0 Å². The highest BCUT2D eigenvalue weighted by Gasteiger charge is 2.26. The summed E-state index contributed by atoms with van der Waals surface area (Å²) in [5.41, 5.74) is 3.12. The molecule has 36 heavy (non-hydrogen) atoms. The van der Waals surface area contributed by atoms with Crippen LogP contribution in [-0.4, -0.2) is 59.2 Å². The van der Waals surface area contributed by atoms with Gasteiger partial charge < -0.3 is 14.4 Å². The molecular formula is C24H30N7O4P. The molecule has 0 radical (unpaired) electrons. The molecule has 0 aliphatic rings. The minimum atomic E-state index is -3.36. The normalized spacial score (nSPS) is 12.1. The fourth-order valence-electron chi connectivity index (χ4n) is 3.54. The SMILES string of the molecule is COP(=O)(CN[C@@H](Cc1ccc(-c2ccccc2)cc1)C(=O)NCCc1nnnn1CCC#N)OC. The number of aryl methyl sites for hydroxylation is 1. The minimum absolute atomic E-state index is 0.118. The first-order valence-corrected chi connectivity index (χ1v) is 13.2. The van der Waals surface area contributed by atoms with Crippen molar-refractivity contribution >= 4 is 13.5 Å². The third kappa shape index (κ3) is 7.80. The first kappa shape index (κ1) is 27.2. The monoisotopic (exact) mass is 511 g/mol. The summed E-state index contributed by atoms with van der Waals surface area (Å²) in [6.07, 6.45) is 0.941. The van der Waals surface area contributed by atoms with Gasteiger partial charge in [0.1, 0.15) is 0 Å². The van der Waals surface area contributed by atoms with E-state index in [1.54, 1.807) is 4.68 Å². The zero-order chi connectivity index (χ0) is 25.8. The molecule has 0 saturated carbocycles. The van der Waals surface area contributed by atoms with E-state index in [1.807, 2.05) is 54.6 Å². The number of nitrogens with zero attached hydrogens (tertiary/aromatic N) is 5. The second kappa shape index (κ2) is 13.6. The zero-order valence-corrected chi connectivity index (χ0v) is 21.2. The number of carbonyl (C=O) groups excluding carboxylic acids is 1. The van der Waals surface area contributed by atoms with Gasteiger partial charge in [0.15, 0.2) is 5.82 Å². The number of carbonyl (C=O) groups is 1. The van der Waals surface area contributed by atoms with Gasteiger partial charge in [0.05, 0.1) is 31.4 Å². The van der Waals surface area contributed by atoms with Crippen molar-refractivity contribution in [3.63, 3.8) is 0 Å². The molecule has 0 aliphatic heterocycles. The summed E-state index contributed by atoms with van der Waals surface area (Å²) in [7, 11) is -0.747. The predicted molar refractivity (Wildman–Crippen MR) is 134 cm³/mol. The molecule has 0 saturated heterocycles. The number of amides is 1. The number of benzene rings is 2. The lowest BCUT2D eigenvalue weighted by atomic mass is 10.0. The van der Waals surface area contributed by atoms with E-state index < -0.39 is 13.6 Å². The summed E-state index contributed by atoms with van der Waals surface area (Å²) in [5.74, 6) is 0.312. The summed E-state index contributed by atoms with van der Waals surface area (Å²) >= 11 is 0. The smallest absolute Gasteiger partial charge is 0.343 e. The third-order valence-electron chi connectivity index (χ3n) is 5.59. The molecular weight excluding hydrogens is 481 g/mol. The molecule has 3 rings (SSSR count). The molecule has 3 aromatic rings. The van der Waals surface area contributed by atoms with Crippen molar-refractivity contribution in [3.05, 3.63) is 66.0 Å². The number of nitriles is 1. The topological polar surface area (TPSA) is 144 Å². The number of rotatable bonds is 14. The molecule has 2 N–H and O–H groups in total. The molecule has 1 aromatic heterocycles. The molecule has 11 nitrogen and oxygen atoms in total. The van der Waals surface area contributed by atoms with Gasteiger partial charge in [-0.05, 0) is 33.5 Å². The van der Waals surface area contributed by atoms with Crippen molar-refractivity contribution in [2.24, 2.45) is 0 Å². The highest BCUT2D eigenvalue weighted by molar-refractivity contribution is 7.53. The van der Waals surface area contributed by atoms with E-state index in [-0.39, 0.29) is 12.2 Å². The van der Waals surface area contributed by atoms with Gasteiger partial charge in [-0.15, -0.1) is 5.10 Å². The van der Waals surface area contributed by atoms with Gasteiger partial charge >= 0.3 is 7.60 Å². The average Bonchev–Trinajstić information content (AvgIpc) is 3.37. The van der Waals surface area contributed by atoms with E-state index in [1.165, 1.54) is 14.2 Å². The van der Waals surface area contributed by atoms with E-state index in [0.717, 1.165) is 16.7 Å². The highest BCUT2D eigenvalue weighted by atomic mass is 31.2. The quantitative estimate of drug-likeness (QED) is 0.312. The van der Waals surface area contributed by atoms with Crippen molar-refractivity contribution < 1.29 is 18.4 Å². The van der Waals surface area contributed by atoms with E-state index in [4.69, 9.17) is 14.3 Å². The molecule has 0 aliphatic carbocycles. The van der Waals surface area contributed by atoms with Crippen LogP contribution in [0.1, 0.15) is 17.8 Å². The maximum absolute atomic E-state index is 13.1. The van der Waals surface area contributed by atoms with Gasteiger partial charge in [-0.25, -0.2) is 4.68 Å². The van der Waals surface area contributed by atoms with Crippen molar-refractivity contribution in [1.29, 1.82) is 5.26 Å².